The number of carbonyl (C=O) groups is 2. The number of nitro groups is 1. The Morgan fingerprint density at radius 1 is 1.26 bits per heavy atom. The lowest BCUT2D eigenvalue weighted by Gasteiger charge is -2.14. The number of benzene rings is 1. The number of carbonyl (C=O) groups excluding carboxylic acids is 2. The number of hydrogen-bond acceptors (Lipinski definition) is 4. The number of hydrogen-bond donors (Lipinski definition) is 1. The first-order valence-corrected chi connectivity index (χ1v) is 6.12. The summed E-state index contributed by atoms with van der Waals surface area (Å²) in [5, 5.41) is 13.2. The van der Waals surface area contributed by atoms with Gasteiger partial charge in [-0.15, -0.1) is 0 Å². The lowest BCUT2D eigenvalue weighted by atomic mass is 10.0. The molecule has 1 aliphatic rings. The Bertz CT molecular complexity index is 501. The normalized spacial score (nSPS) is 23.3. The zero-order valence-corrected chi connectivity index (χ0v) is 10.2. The highest BCUT2D eigenvalue weighted by atomic mass is 16.6. The molecule has 1 heterocycles. The number of nitrogens with zero attached hydrogens (tertiary/aromatic N) is 1. The molecule has 0 aromatic heterocycles. The Hall–Kier alpha value is -2.24. The first-order chi connectivity index (χ1) is 9.09. The Balaban J connectivity index is 2.12. The van der Waals surface area contributed by atoms with E-state index in [1.807, 2.05) is 0 Å². The molecule has 1 N–H and O–H groups in total. The van der Waals surface area contributed by atoms with Crippen LogP contribution in [0.5, 0.6) is 0 Å². The molecule has 1 saturated heterocycles. The van der Waals surface area contributed by atoms with Crippen molar-refractivity contribution in [3.05, 3.63) is 46.0 Å². The molecule has 0 spiro atoms. The van der Waals surface area contributed by atoms with E-state index in [0.29, 0.717) is 18.4 Å². The van der Waals surface area contributed by atoms with E-state index in [4.69, 9.17) is 0 Å². The average Bonchev–Trinajstić information content (AvgIpc) is 2.60. The molecule has 0 saturated carbocycles. The Labute approximate surface area is 110 Å². The van der Waals surface area contributed by atoms with Crippen molar-refractivity contribution in [2.45, 2.75) is 31.3 Å². The zero-order chi connectivity index (χ0) is 13.8. The second-order valence-corrected chi connectivity index (χ2v) is 4.52. The van der Waals surface area contributed by atoms with Crippen molar-refractivity contribution in [3.63, 3.8) is 0 Å². The average molecular weight is 262 g/mol. The molecule has 6 nitrogen and oxygen atoms in total. The molecule has 2 atom stereocenters. The fourth-order valence-electron chi connectivity index (χ4n) is 2.19. The van der Waals surface area contributed by atoms with Crippen LogP contribution in [-0.4, -0.2) is 28.7 Å². The van der Waals surface area contributed by atoms with Crippen LogP contribution >= 0.6 is 0 Å². The molecular formula is C13H14N2O4. The van der Waals surface area contributed by atoms with Crippen LogP contribution in [0.3, 0.4) is 0 Å². The van der Waals surface area contributed by atoms with Crippen LogP contribution in [0.15, 0.2) is 30.3 Å². The SMILES string of the molecule is O=C(c1ccccc1)C1CCCC([N+](=O)[O-])C(=O)N1. The largest absolute Gasteiger partial charge is 0.340 e. The van der Waals surface area contributed by atoms with E-state index < -0.39 is 22.9 Å². The first-order valence-electron chi connectivity index (χ1n) is 6.12. The van der Waals surface area contributed by atoms with Gasteiger partial charge in [-0.05, 0) is 12.8 Å². The van der Waals surface area contributed by atoms with Gasteiger partial charge in [-0.1, -0.05) is 30.3 Å². The predicted molar refractivity (Wildman–Crippen MR) is 67.3 cm³/mol. The molecule has 6 heteroatoms. The molecule has 2 unspecified atom stereocenters. The number of amides is 1. The summed E-state index contributed by atoms with van der Waals surface area (Å²) < 4.78 is 0. The number of Topliss-reactive ketones (excluding diaryl/α,β-unsaturated/α-hetero) is 1. The highest BCUT2D eigenvalue weighted by molar-refractivity contribution is 6.02. The summed E-state index contributed by atoms with van der Waals surface area (Å²) in [6, 6.07) is 6.71. The van der Waals surface area contributed by atoms with E-state index in [1.165, 1.54) is 0 Å². The van der Waals surface area contributed by atoms with Crippen LogP contribution in [0.2, 0.25) is 0 Å². The third-order valence-corrected chi connectivity index (χ3v) is 3.22. The van der Waals surface area contributed by atoms with Crippen LogP contribution in [0.4, 0.5) is 0 Å². The van der Waals surface area contributed by atoms with Crippen LogP contribution in [0.25, 0.3) is 0 Å². The van der Waals surface area contributed by atoms with Crippen LogP contribution in [0, 0.1) is 10.1 Å². The topological polar surface area (TPSA) is 89.3 Å². The standard InChI is InChI=1S/C13H14N2O4/c16-12(9-5-2-1-3-6-9)10-7-4-8-11(15(18)19)13(17)14-10/h1-3,5-6,10-11H,4,7-8H2,(H,14,17). The van der Waals surface area contributed by atoms with Crippen molar-refractivity contribution in [1.29, 1.82) is 0 Å². The van der Waals surface area contributed by atoms with Gasteiger partial charge in [0, 0.05) is 16.9 Å². The van der Waals surface area contributed by atoms with Gasteiger partial charge in [0.2, 0.25) is 0 Å². The van der Waals surface area contributed by atoms with Gasteiger partial charge in [-0.2, -0.15) is 0 Å². The predicted octanol–water partition coefficient (Wildman–Crippen LogP) is 1.18. The fraction of sp³-hybridized carbons (Fsp3) is 0.385. The van der Waals surface area contributed by atoms with Gasteiger partial charge in [0.15, 0.2) is 5.78 Å². The molecule has 2 rings (SSSR count). The summed E-state index contributed by atoms with van der Waals surface area (Å²) in [7, 11) is 0. The Kier molecular flexibility index (Phi) is 3.89. The van der Waals surface area contributed by atoms with E-state index in [1.54, 1.807) is 30.3 Å². The summed E-state index contributed by atoms with van der Waals surface area (Å²) in [4.78, 5) is 34.0. The van der Waals surface area contributed by atoms with Crippen molar-refractivity contribution in [2.24, 2.45) is 0 Å². The van der Waals surface area contributed by atoms with Gasteiger partial charge in [-0.3, -0.25) is 19.7 Å². The van der Waals surface area contributed by atoms with Gasteiger partial charge < -0.3 is 5.32 Å². The molecule has 0 aliphatic carbocycles. The first kappa shape index (κ1) is 13.2. The number of ketones is 1. The molecule has 0 bridgehead atoms. The molecule has 1 aromatic carbocycles. The minimum atomic E-state index is -1.24. The molecule has 19 heavy (non-hydrogen) atoms. The van der Waals surface area contributed by atoms with Gasteiger partial charge in [0.05, 0.1) is 6.04 Å². The molecule has 1 amide bonds. The lowest BCUT2D eigenvalue weighted by Crippen LogP contribution is -2.45. The van der Waals surface area contributed by atoms with E-state index in [2.05, 4.69) is 5.32 Å². The number of nitrogens with one attached hydrogen (secondary N) is 1. The molecule has 1 aromatic rings. The maximum absolute atomic E-state index is 12.2. The maximum atomic E-state index is 12.2. The summed E-state index contributed by atoms with van der Waals surface area (Å²) in [6.07, 6.45) is 1.09. The molecule has 0 radical (unpaired) electrons. The van der Waals surface area contributed by atoms with Crippen LogP contribution in [0.1, 0.15) is 29.6 Å². The molecule has 1 fully saturated rings. The van der Waals surface area contributed by atoms with Crippen molar-refractivity contribution in [1.82, 2.24) is 5.32 Å². The van der Waals surface area contributed by atoms with Gasteiger partial charge in [-0.25, -0.2) is 0 Å². The molecule has 100 valence electrons. The van der Waals surface area contributed by atoms with Crippen LogP contribution < -0.4 is 5.32 Å². The van der Waals surface area contributed by atoms with Crippen molar-refractivity contribution >= 4 is 11.7 Å². The minimum Gasteiger partial charge on any atom is -0.340 e. The zero-order valence-electron chi connectivity index (χ0n) is 10.2. The van der Waals surface area contributed by atoms with Gasteiger partial charge in [0.25, 0.3) is 11.9 Å². The summed E-state index contributed by atoms with van der Waals surface area (Å²) in [5.74, 6) is -0.866. The second-order valence-electron chi connectivity index (χ2n) is 4.52. The van der Waals surface area contributed by atoms with Gasteiger partial charge in [0.1, 0.15) is 0 Å². The van der Waals surface area contributed by atoms with Gasteiger partial charge >= 0.3 is 0 Å². The van der Waals surface area contributed by atoms with Crippen molar-refractivity contribution in [2.75, 3.05) is 0 Å². The Morgan fingerprint density at radius 2 is 1.95 bits per heavy atom. The maximum Gasteiger partial charge on any atom is 0.295 e. The fourth-order valence-corrected chi connectivity index (χ4v) is 2.19. The summed E-state index contributed by atoms with van der Waals surface area (Å²) in [5.41, 5.74) is 0.507. The summed E-state index contributed by atoms with van der Waals surface area (Å²) >= 11 is 0. The van der Waals surface area contributed by atoms with E-state index in [-0.39, 0.29) is 12.2 Å². The highest BCUT2D eigenvalue weighted by Gasteiger charge is 2.36. The van der Waals surface area contributed by atoms with E-state index in [9.17, 15) is 19.7 Å². The Morgan fingerprint density at radius 3 is 2.58 bits per heavy atom. The van der Waals surface area contributed by atoms with E-state index in [0.717, 1.165) is 0 Å². The highest BCUT2D eigenvalue weighted by Crippen LogP contribution is 2.15. The van der Waals surface area contributed by atoms with Crippen molar-refractivity contribution in [3.8, 4) is 0 Å². The van der Waals surface area contributed by atoms with Crippen LogP contribution in [-0.2, 0) is 4.79 Å². The van der Waals surface area contributed by atoms with E-state index >= 15 is 0 Å². The third kappa shape index (κ3) is 2.96. The second kappa shape index (κ2) is 5.60. The quantitative estimate of drug-likeness (QED) is 0.503. The molecular weight excluding hydrogens is 248 g/mol. The molecule has 1 aliphatic heterocycles. The minimum absolute atomic E-state index is 0.178. The number of rotatable bonds is 3. The smallest absolute Gasteiger partial charge is 0.295 e. The monoisotopic (exact) mass is 262 g/mol. The third-order valence-electron chi connectivity index (χ3n) is 3.22. The lowest BCUT2D eigenvalue weighted by molar-refractivity contribution is -0.508. The summed E-state index contributed by atoms with van der Waals surface area (Å²) in [6.45, 7) is 0. The van der Waals surface area contributed by atoms with Crippen molar-refractivity contribution < 1.29 is 14.5 Å².